The highest BCUT2D eigenvalue weighted by Crippen LogP contribution is 2.24. The molecule has 1 fully saturated rings. The summed E-state index contributed by atoms with van der Waals surface area (Å²) in [6, 6.07) is 8.25. The maximum Gasteiger partial charge on any atom is 0.0406 e. The normalized spacial score (nSPS) is 17.9. The van der Waals surface area contributed by atoms with Gasteiger partial charge in [-0.15, -0.1) is 0 Å². The van der Waals surface area contributed by atoms with Crippen molar-refractivity contribution in [1.29, 1.82) is 0 Å². The second kappa shape index (κ2) is 6.05. The summed E-state index contributed by atoms with van der Waals surface area (Å²) in [5.74, 6) is 0. The fourth-order valence-electron chi connectivity index (χ4n) is 2.69. The van der Waals surface area contributed by atoms with Gasteiger partial charge in [0.1, 0.15) is 0 Å². The van der Waals surface area contributed by atoms with E-state index in [1.807, 2.05) is 12.1 Å². The molecule has 1 aliphatic rings. The zero-order valence-electron chi connectivity index (χ0n) is 11.4. The fraction of sp³-hybridized carbons (Fsp3) is 0.600. The van der Waals surface area contributed by atoms with Crippen LogP contribution in [0.2, 0.25) is 5.02 Å². The van der Waals surface area contributed by atoms with Gasteiger partial charge in [0.05, 0.1) is 0 Å². The van der Waals surface area contributed by atoms with E-state index in [0.717, 1.165) is 31.1 Å². The minimum Gasteiger partial charge on any atom is -0.314 e. The molecule has 3 heteroatoms. The van der Waals surface area contributed by atoms with Crippen molar-refractivity contribution in [3.63, 3.8) is 0 Å². The second-order valence-electron chi connectivity index (χ2n) is 5.99. The molecule has 0 atom stereocenters. The molecular weight excluding hydrogens is 244 g/mol. The number of benzene rings is 1. The molecule has 18 heavy (non-hydrogen) atoms. The largest absolute Gasteiger partial charge is 0.314 e. The van der Waals surface area contributed by atoms with Crippen molar-refractivity contribution < 1.29 is 0 Å². The highest BCUT2D eigenvalue weighted by atomic mass is 35.5. The summed E-state index contributed by atoms with van der Waals surface area (Å²) in [4.78, 5) is 2.56. The quantitative estimate of drug-likeness (QED) is 0.902. The molecule has 0 amide bonds. The number of nitrogens with zero attached hydrogens (tertiary/aromatic N) is 1. The minimum absolute atomic E-state index is 0.311. The molecule has 1 saturated heterocycles. The van der Waals surface area contributed by atoms with Gasteiger partial charge < -0.3 is 10.2 Å². The molecule has 0 unspecified atom stereocenters. The molecule has 0 bridgehead atoms. The summed E-state index contributed by atoms with van der Waals surface area (Å²) in [6.45, 7) is 10.5. The van der Waals surface area contributed by atoms with Crippen LogP contribution < -0.4 is 5.32 Å². The van der Waals surface area contributed by atoms with Crippen LogP contribution in [0.1, 0.15) is 19.4 Å². The van der Waals surface area contributed by atoms with Gasteiger partial charge in [-0.25, -0.2) is 0 Å². The summed E-state index contributed by atoms with van der Waals surface area (Å²) in [6.07, 6.45) is 1.11. The summed E-state index contributed by atoms with van der Waals surface area (Å²) < 4.78 is 0. The van der Waals surface area contributed by atoms with E-state index in [0.29, 0.717) is 5.41 Å². The SMILES string of the molecule is CC(C)(Cc1ccc(Cl)cc1)CN1CCNCC1. The van der Waals surface area contributed by atoms with E-state index in [9.17, 15) is 0 Å². The Balaban J connectivity index is 1.91. The lowest BCUT2D eigenvalue weighted by Gasteiger charge is -2.35. The molecule has 0 aromatic heterocycles. The van der Waals surface area contributed by atoms with Crippen molar-refractivity contribution in [1.82, 2.24) is 10.2 Å². The van der Waals surface area contributed by atoms with E-state index in [-0.39, 0.29) is 0 Å². The third-order valence-electron chi connectivity index (χ3n) is 3.46. The topological polar surface area (TPSA) is 15.3 Å². The maximum atomic E-state index is 5.92. The van der Waals surface area contributed by atoms with Crippen LogP contribution in [0.25, 0.3) is 0 Å². The molecule has 0 saturated carbocycles. The number of rotatable bonds is 4. The van der Waals surface area contributed by atoms with Crippen LogP contribution in [0.5, 0.6) is 0 Å². The third-order valence-corrected chi connectivity index (χ3v) is 3.71. The molecule has 0 aliphatic carbocycles. The predicted molar refractivity (Wildman–Crippen MR) is 78.2 cm³/mol. The van der Waals surface area contributed by atoms with Crippen LogP contribution in [-0.2, 0) is 6.42 Å². The minimum atomic E-state index is 0.311. The first-order chi connectivity index (χ1) is 8.55. The average molecular weight is 267 g/mol. The monoisotopic (exact) mass is 266 g/mol. The van der Waals surface area contributed by atoms with Crippen molar-refractivity contribution in [2.75, 3.05) is 32.7 Å². The van der Waals surface area contributed by atoms with Crippen LogP contribution in [0.15, 0.2) is 24.3 Å². The van der Waals surface area contributed by atoms with Gasteiger partial charge in [0.2, 0.25) is 0 Å². The van der Waals surface area contributed by atoms with Crippen molar-refractivity contribution in [3.05, 3.63) is 34.9 Å². The number of piperazine rings is 1. The first-order valence-corrected chi connectivity index (χ1v) is 7.10. The standard InChI is InChI=1S/C15H23ClN2/c1-15(2,12-18-9-7-17-8-10-18)11-13-3-5-14(16)6-4-13/h3-6,17H,7-12H2,1-2H3. The molecule has 100 valence electrons. The first kappa shape index (κ1) is 13.9. The van der Waals surface area contributed by atoms with E-state index in [2.05, 4.69) is 36.2 Å². The Kier molecular flexibility index (Phi) is 4.66. The van der Waals surface area contributed by atoms with E-state index >= 15 is 0 Å². The van der Waals surface area contributed by atoms with Crippen molar-refractivity contribution >= 4 is 11.6 Å². The van der Waals surface area contributed by atoms with Crippen LogP contribution in [0.4, 0.5) is 0 Å². The maximum absolute atomic E-state index is 5.92. The molecule has 0 spiro atoms. The third kappa shape index (κ3) is 4.27. The highest BCUT2D eigenvalue weighted by molar-refractivity contribution is 6.30. The van der Waals surface area contributed by atoms with Gasteiger partial charge in [-0.2, -0.15) is 0 Å². The van der Waals surface area contributed by atoms with E-state index in [1.54, 1.807) is 0 Å². The number of hydrogen-bond donors (Lipinski definition) is 1. The lowest BCUT2D eigenvalue weighted by atomic mass is 9.85. The number of hydrogen-bond acceptors (Lipinski definition) is 2. The average Bonchev–Trinajstić information content (AvgIpc) is 2.32. The Morgan fingerprint density at radius 2 is 1.78 bits per heavy atom. The molecule has 0 radical (unpaired) electrons. The first-order valence-electron chi connectivity index (χ1n) is 6.73. The van der Waals surface area contributed by atoms with Gasteiger partial charge in [-0.3, -0.25) is 0 Å². The summed E-state index contributed by atoms with van der Waals surface area (Å²) >= 11 is 5.92. The number of nitrogens with one attached hydrogen (secondary N) is 1. The Hall–Kier alpha value is -0.570. The Morgan fingerprint density at radius 3 is 2.39 bits per heavy atom. The molecule has 2 nitrogen and oxygen atoms in total. The molecule has 2 rings (SSSR count). The predicted octanol–water partition coefficient (Wildman–Crippen LogP) is 2.81. The van der Waals surface area contributed by atoms with Crippen LogP contribution in [0, 0.1) is 5.41 Å². The Morgan fingerprint density at radius 1 is 1.17 bits per heavy atom. The Bertz CT molecular complexity index is 367. The fourth-order valence-corrected chi connectivity index (χ4v) is 2.81. The smallest absolute Gasteiger partial charge is 0.0406 e. The lowest BCUT2D eigenvalue weighted by molar-refractivity contribution is 0.160. The molecule has 1 aromatic carbocycles. The molecule has 1 N–H and O–H groups in total. The summed E-state index contributed by atoms with van der Waals surface area (Å²) in [5.41, 5.74) is 1.69. The molecule has 1 heterocycles. The van der Waals surface area contributed by atoms with Gasteiger partial charge in [-0.05, 0) is 29.5 Å². The van der Waals surface area contributed by atoms with Gasteiger partial charge in [0.25, 0.3) is 0 Å². The van der Waals surface area contributed by atoms with Gasteiger partial charge in [-0.1, -0.05) is 37.6 Å². The summed E-state index contributed by atoms with van der Waals surface area (Å²) in [5, 5.41) is 4.22. The van der Waals surface area contributed by atoms with Gasteiger partial charge >= 0.3 is 0 Å². The lowest BCUT2D eigenvalue weighted by Crippen LogP contribution is -2.47. The van der Waals surface area contributed by atoms with Crippen LogP contribution >= 0.6 is 11.6 Å². The molecule has 1 aromatic rings. The van der Waals surface area contributed by atoms with Crippen molar-refractivity contribution in [2.45, 2.75) is 20.3 Å². The van der Waals surface area contributed by atoms with E-state index in [1.165, 1.54) is 18.7 Å². The Labute approximate surface area is 115 Å². The van der Waals surface area contributed by atoms with Crippen LogP contribution in [-0.4, -0.2) is 37.6 Å². The van der Waals surface area contributed by atoms with Gasteiger partial charge in [0.15, 0.2) is 0 Å². The zero-order chi connectivity index (χ0) is 13.0. The van der Waals surface area contributed by atoms with Crippen molar-refractivity contribution in [2.24, 2.45) is 5.41 Å². The zero-order valence-corrected chi connectivity index (χ0v) is 12.1. The van der Waals surface area contributed by atoms with E-state index in [4.69, 9.17) is 11.6 Å². The number of halogens is 1. The molecule has 1 aliphatic heterocycles. The van der Waals surface area contributed by atoms with Crippen molar-refractivity contribution in [3.8, 4) is 0 Å². The van der Waals surface area contributed by atoms with Gasteiger partial charge in [0, 0.05) is 37.7 Å². The van der Waals surface area contributed by atoms with Crippen LogP contribution in [0.3, 0.4) is 0 Å². The summed E-state index contributed by atoms with van der Waals surface area (Å²) in [7, 11) is 0. The molecular formula is C15H23ClN2. The second-order valence-corrected chi connectivity index (χ2v) is 6.43. The van der Waals surface area contributed by atoms with E-state index < -0.39 is 0 Å². The highest BCUT2D eigenvalue weighted by Gasteiger charge is 2.23.